The van der Waals surface area contributed by atoms with Crippen LogP contribution in [0.2, 0.25) is 0 Å². The van der Waals surface area contributed by atoms with Gasteiger partial charge >= 0.3 is 11.9 Å². The minimum Gasteiger partial charge on any atom is -0.756 e. The van der Waals surface area contributed by atoms with Crippen LogP contribution in [0.25, 0.3) is 0 Å². The molecule has 0 radical (unpaired) electrons. The Morgan fingerprint density at radius 2 is 1.38 bits per heavy atom. The summed E-state index contributed by atoms with van der Waals surface area (Å²) < 4.78 is 33.7. The van der Waals surface area contributed by atoms with Crippen LogP contribution < -0.4 is 4.89 Å². The van der Waals surface area contributed by atoms with E-state index in [-0.39, 0.29) is 44.2 Å². The minimum absolute atomic E-state index is 0.0353. The third kappa shape index (κ3) is 31.3. The molecule has 0 heterocycles. The summed E-state index contributed by atoms with van der Waals surface area (Å²) in [5, 5.41) is 20.7. The molecule has 6 atom stereocenters. The molecule has 0 bridgehead atoms. The number of nitrogens with zero attached hydrogens (tertiary/aromatic N) is 1. The van der Waals surface area contributed by atoms with E-state index in [1.165, 1.54) is 0 Å². The first-order valence-electron chi connectivity index (χ1n) is 22.4. The molecule has 2 N–H and O–H groups in total. The van der Waals surface area contributed by atoms with Crippen molar-refractivity contribution in [2.45, 2.75) is 141 Å². The Hall–Kier alpha value is -3.22. The van der Waals surface area contributed by atoms with E-state index in [1.807, 2.05) is 45.4 Å². The summed E-state index contributed by atoms with van der Waals surface area (Å²) >= 11 is 0. The molecule has 0 amide bonds. The van der Waals surface area contributed by atoms with E-state index in [0.717, 1.165) is 51.4 Å². The molecular weight excluding hydrogens is 797 g/mol. The Balaban J connectivity index is 2.55. The molecule has 0 aliphatic heterocycles. The maximum absolute atomic E-state index is 12.7. The first-order valence-corrected chi connectivity index (χ1v) is 23.9. The normalized spacial score (nSPS) is 19.8. The van der Waals surface area contributed by atoms with E-state index in [1.54, 1.807) is 12.2 Å². The maximum Gasteiger partial charge on any atom is 0.306 e. The topological polar surface area (TPSA) is 169 Å². The Labute approximate surface area is 367 Å². The predicted octanol–water partition coefficient (Wildman–Crippen LogP) is 8.75. The summed E-state index contributed by atoms with van der Waals surface area (Å²) in [7, 11) is 0.967. The Kier molecular flexibility index (Phi) is 31.4. The number of aliphatic hydroxyl groups excluding tert-OH is 2. The highest BCUT2D eigenvalue weighted by Crippen LogP contribution is 2.38. The number of ketones is 1. The molecule has 0 aromatic heterocycles. The first-order chi connectivity index (χ1) is 29.2. The van der Waals surface area contributed by atoms with Crippen molar-refractivity contribution in [2.24, 2.45) is 11.8 Å². The molecule has 0 spiro atoms. The summed E-state index contributed by atoms with van der Waals surface area (Å²) in [6.45, 7) is 3.60. The zero-order chi connectivity index (χ0) is 45.2. The van der Waals surface area contributed by atoms with Gasteiger partial charge < -0.3 is 38.1 Å². The van der Waals surface area contributed by atoms with Gasteiger partial charge in [0.1, 0.15) is 25.5 Å². The molecule has 346 valence electrons. The number of hydrogen-bond acceptors (Lipinski definition) is 11. The van der Waals surface area contributed by atoms with Gasteiger partial charge in [0.05, 0.1) is 40.0 Å². The number of quaternary nitrogens is 1. The lowest BCUT2D eigenvalue weighted by Gasteiger charge is -2.28. The molecule has 1 aliphatic rings. The summed E-state index contributed by atoms with van der Waals surface area (Å²) in [6.07, 6.45) is 37.1. The highest BCUT2D eigenvalue weighted by atomic mass is 31.2. The van der Waals surface area contributed by atoms with Crippen LogP contribution in [0.3, 0.4) is 0 Å². The monoisotopic (exact) mass is 876 g/mol. The minimum atomic E-state index is -4.71. The number of allylic oxidation sites excluding steroid dienone is 13. The fourth-order valence-electron chi connectivity index (χ4n) is 6.20. The van der Waals surface area contributed by atoms with Gasteiger partial charge in [0.15, 0.2) is 6.10 Å². The van der Waals surface area contributed by atoms with Gasteiger partial charge in [-0.05, 0) is 70.6 Å². The van der Waals surface area contributed by atoms with E-state index in [9.17, 15) is 34.1 Å². The zero-order valence-electron chi connectivity index (χ0n) is 37.8. The lowest BCUT2D eigenvalue weighted by molar-refractivity contribution is -0.870. The molecule has 1 unspecified atom stereocenters. The molecule has 12 nitrogen and oxygen atoms in total. The number of unbranched alkanes of at least 4 members (excludes halogenated alkanes) is 4. The highest BCUT2D eigenvalue weighted by Gasteiger charge is 2.39. The number of esters is 2. The molecule has 0 aromatic rings. The number of carbonyl (C=O) groups is 3. The third-order valence-corrected chi connectivity index (χ3v) is 10.7. The van der Waals surface area contributed by atoms with Gasteiger partial charge in [-0.15, -0.1) is 0 Å². The van der Waals surface area contributed by atoms with Crippen molar-refractivity contribution in [2.75, 3.05) is 47.5 Å². The Bertz CT molecular complexity index is 1480. The van der Waals surface area contributed by atoms with Gasteiger partial charge in [-0.2, -0.15) is 0 Å². The maximum atomic E-state index is 12.7. The van der Waals surface area contributed by atoms with Gasteiger partial charge in [-0.1, -0.05) is 118 Å². The van der Waals surface area contributed by atoms with Gasteiger partial charge in [-0.3, -0.25) is 18.9 Å². The van der Waals surface area contributed by atoms with E-state index in [2.05, 4.69) is 62.5 Å². The van der Waals surface area contributed by atoms with Crippen LogP contribution in [-0.4, -0.2) is 98.2 Å². The van der Waals surface area contributed by atoms with Gasteiger partial charge in [0, 0.05) is 31.1 Å². The molecule has 13 heteroatoms. The predicted molar refractivity (Wildman–Crippen MR) is 241 cm³/mol. The molecule has 1 aliphatic carbocycles. The van der Waals surface area contributed by atoms with E-state index in [4.69, 9.17) is 18.5 Å². The fourth-order valence-corrected chi connectivity index (χ4v) is 6.93. The van der Waals surface area contributed by atoms with Crippen molar-refractivity contribution in [1.29, 1.82) is 0 Å². The van der Waals surface area contributed by atoms with Crippen LogP contribution in [-0.2, 0) is 37.5 Å². The van der Waals surface area contributed by atoms with Crippen molar-refractivity contribution in [1.82, 2.24) is 0 Å². The highest BCUT2D eigenvalue weighted by molar-refractivity contribution is 7.45. The standard InChI is InChI=1S/C48H78NO11P/c1-6-8-10-11-12-13-14-15-16-17-18-19-20-21-22-23-29-33-48(54)60-42(40-59-61(55,56)58-37-36-49(3,4)5)39-57-47(53)32-28-25-24-27-31-43-44(46(52)38-45(43)51)35-34-41(50)30-26-9-7-2/h8,10,12-13,15-16,18-19,21-22,24,27,34-35,41-45,50-51H,6-7,9,11,14,17,20,23,25-26,28-33,36-40H2,1-5H3/b10-8-,13-12-,16-15-,19-18-,22-21-,27-24-,35-34+/t41-,42+,43+,44+,45-/m0/s1. The molecule has 0 saturated heterocycles. The van der Waals surface area contributed by atoms with Crippen LogP contribution in [0, 0.1) is 11.8 Å². The second kappa shape index (κ2) is 34.3. The van der Waals surface area contributed by atoms with Crippen molar-refractivity contribution < 1.29 is 57.1 Å². The number of phosphoric ester groups is 1. The van der Waals surface area contributed by atoms with Crippen molar-refractivity contribution in [3.8, 4) is 0 Å². The first kappa shape index (κ1) is 55.8. The summed E-state index contributed by atoms with van der Waals surface area (Å²) in [6, 6.07) is 0. The van der Waals surface area contributed by atoms with Crippen LogP contribution >= 0.6 is 7.82 Å². The van der Waals surface area contributed by atoms with Crippen LogP contribution in [0.15, 0.2) is 85.1 Å². The molecule has 61 heavy (non-hydrogen) atoms. The molecule has 0 aromatic carbocycles. The lowest BCUT2D eigenvalue weighted by Crippen LogP contribution is -2.37. The number of carbonyl (C=O) groups excluding carboxylic acids is 3. The average molecular weight is 876 g/mol. The quantitative estimate of drug-likeness (QED) is 0.0205. The fraction of sp³-hybridized carbons (Fsp3) is 0.646. The van der Waals surface area contributed by atoms with Gasteiger partial charge in [0.2, 0.25) is 0 Å². The van der Waals surface area contributed by atoms with Crippen LogP contribution in [0.5, 0.6) is 0 Å². The van der Waals surface area contributed by atoms with E-state index < -0.39 is 50.6 Å². The summed E-state index contributed by atoms with van der Waals surface area (Å²) in [5.74, 6) is -1.87. The van der Waals surface area contributed by atoms with Gasteiger partial charge in [-0.25, -0.2) is 0 Å². The smallest absolute Gasteiger partial charge is 0.306 e. The average Bonchev–Trinajstić information content (AvgIpc) is 3.47. The largest absolute Gasteiger partial charge is 0.756 e. The van der Waals surface area contributed by atoms with Crippen LogP contribution in [0.4, 0.5) is 0 Å². The molecule has 1 saturated carbocycles. The molecular formula is C48H78NO11P. The number of rotatable bonds is 35. The SMILES string of the molecule is CC/C=C\C/C=C\C/C=C\C/C=C\C/C=C\CCCC(=O)O[C@H](COC(=O)CCC/C=C\C[C@H]1[C@@H](O)CC(=O)[C@@H]1/C=C/[C@@H](O)CCCCC)COP(=O)([O-])OCC[N+](C)(C)C. The Morgan fingerprint density at radius 1 is 0.803 bits per heavy atom. The number of Topliss-reactive ketones (excluding diaryl/α,β-unsaturated/α-hetero) is 1. The Morgan fingerprint density at radius 3 is 1.97 bits per heavy atom. The van der Waals surface area contributed by atoms with Crippen LogP contribution in [0.1, 0.15) is 123 Å². The van der Waals surface area contributed by atoms with Crippen molar-refractivity contribution >= 4 is 25.5 Å². The van der Waals surface area contributed by atoms with Crippen molar-refractivity contribution in [3.05, 3.63) is 85.1 Å². The number of likely N-dealkylation sites (N-methyl/N-ethyl adjacent to an activating group) is 1. The summed E-state index contributed by atoms with van der Waals surface area (Å²) in [4.78, 5) is 50.2. The third-order valence-electron chi connectivity index (χ3n) is 9.78. The number of aliphatic hydroxyl groups is 2. The van der Waals surface area contributed by atoms with Crippen molar-refractivity contribution in [3.63, 3.8) is 0 Å². The second-order valence-corrected chi connectivity index (χ2v) is 17.9. The summed E-state index contributed by atoms with van der Waals surface area (Å²) in [5.41, 5.74) is 0. The number of phosphoric acid groups is 1. The van der Waals surface area contributed by atoms with E-state index in [0.29, 0.717) is 49.6 Å². The molecule has 1 rings (SSSR count). The second-order valence-electron chi connectivity index (χ2n) is 16.5. The number of hydrogen-bond donors (Lipinski definition) is 2. The van der Waals surface area contributed by atoms with E-state index >= 15 is 0 Å². The van der Waals surface area contributed by atoms with Gasteiger partial charge in [0.25, 0.3) is 7.82 Å². The lowest BCUT2D eigenvalue weighted by atomic mass is 9.90. The molecule has 1 fully saturated rings. The zero-order valence-corrected chi connectivity index (χ0v) is 38.7. The number of ether oxygens (including phenoxy) is 2.